The summed E-state index contributed by atoms with van der Waals surface area (Å²) >= 11 is 3.33. The number of likely N-dealkylation sites (N-methyl/N-ethyl adjacent to an activating group) is 1. The average Bonchev–Trinajstić information content (AvgIpc) is 2.62. The number of primary sulfonamides is 1. The van der Waals surface area contributed by atoms with E-state index in [0.717, 1.165) is 4.47 Å². The molecule has 0 aliphatic rings. The number of carbonyl (C=O) groups excluding carboxylic acids is 2. The van der Waals surface area contributed by atoms with Crippen molar-refractivity contribution in [3.63, 3.8) is 0 Å². The van der Waals surface area contributed by atoms with Crippen LogP contribution in [0, 0.1) is 0 Å². The van der Waals surface area contributed by atoms with Crippen LogP contribution in [-0.2, 0) is 19.6 Å². The van der Waals surface area contributed by atoms with E-state index < -0.39 is 10.0 Å². The maximum atomic E-state index is 12.2. The third-order valence-electron chi connectivity index (χ3n) is 3.76. The van der Waals surface area contributed by atoms with Gasteiger partial charge in [-0.1, -0.05) is 28.9 Å². The summed E-state index contributed by atoms with van der Waals surface area (Å²) in [6.45, 7) is 2.33. The van der Waals surface area contributed by atoms with Gasteiger partial charge in [-0.25, -0.2) is 13.6 Å². The highest BCUT2D eigenvalue weighted by molar-refractivity contribution is 9.10. The van der Waals surface area contributed by atoms with Gasteiger partial charge in [-0.15, -0.1) is 0 Å². The van der Waals surface area contributed by atoms with Gasteiger partial charge in [-0.3, -0.25) is 14.5 Å². The predicted octanol–water partition coefficient (Wildman–Crippen LogP) is 2.00. The fourth-order valence-electron chi connectivity index (χ4n) is 2.37. The van der Waals surface area contributed by atoms with Crippen LogP contribution in [0.1, 0.15) is 6.92 Å². The first-order valence-electron chi connectivity index (χ1n) is 8.38. The zero-order valence-corrected chi connectivity index (χ0v) is 17.6. The van der Waals surface area contributed by atoms with Crippen molar-refractivity contribution >= 4 is 49.1 Å². The van der Waals surface area contributed by atoms with Gasteiger partial charge >= 0.3 is 0 Å². The maximum Gasteiger partial charge on any atom is 0.238 e. The number of anilines is 2. The molecule has 0 fully saturated rings. The maximum absolute atomic E-state index is 12.2. The molecule has 10 heteroatoms. The van der Waals surface area contributed by atoms with E-state index in [1.807, 2.05) is 19.1 Å². The zero-order valence-electron chi connectivity index (χ0n) is 15.2. The van der Waals surface area contributed by atoms with Crippen LogP contribution in [-0.4, -0.2) is 44.8 Å². The van der Waals surface area contributed by atoms with Crippen molar-refractivity contribution in [2.24, 2.45) is 5.14 Å². The van der Waals surface area contributed by atoms with Crippen molar-refractivity contribution < 1.29 is 18.0 Å². The summed E-state index contributed by atoms with van der Waals surface area (Å²) in [5, 5.41) is 10.5. The first-order chi connectivity index (χ1) is 13.2. The number of carbonyl (C=O) groups is 2. The fraction of sp³-hybridized carbons (Fsp3) is 0.222. The monoisotopic (exact) mass is 468 g/mol. The minimum Gasteiger partial charge on any atom is -0.325 e. The number of halogens is 1. The van der Waals surface area contributed by atoms with Gasteiger partial charge in [0.1, 0.15) is 0 Å². The SMILES string of the molecule is CCN(CC(=O)Nc1ccc(Br)cc1)CC(=O)Nc1cccc(S(N)(=O)=O)c1. The molecule has 150 valence electrons. The van der Waals surface area contributed by atoms with Crippen molar-refractivity contribution in [2.75, 3.05) is 30.3 Å². The zero-order chi connectivity index (χ0) is 20.7. The average molecular weight is 469 g/mol. The molecular weight excluding hydrogens is 448 g/mol. The van der Waals surface area contributed by atoms with Crippen LogP contribution < -0.4 is 15.8 Å². The highest BCUT2D eigenvalue weighted by Gasteiger charge is 2.14. The van der Waals surface area contributed by atoms with Crippen molar-refractivity contribution in [3.8, 4) is 0 Å². The Labute approximate surface area is 172 Å². The standard InChI is InChI=1S/C18H21BrN4O4S/c1-2-23(11-17(24)21-14-8-6-13(19)7-9-14)12-18(25)22-15-4-3-5-16(10-15)28(20,26)27/h3-10H,2,11-12H2,1H3,(H,21,24)(H,22,25)(H2,20,26,27). The number of hydrogen-bond acceptors (Lipinski definition) is 5. The molecule has 0 radical (unpaired) electrons. The molecule has 0 aliphatic carbocycles. The van der Waals surface area contributed by atoms with Crippen molar-refractivity contribution in [1.29, 1.82) is 0 Å². The molecule has 0 unspecified atom stereocenters. The molecule has 4 N–H and O–H groups in total. The second-order valence-corrected chi connectivity index (χ2v) is 8.46. The molecule has 0 heterocycles. The number of nitrogens with two attached hydrogens (primary N) is 1. The van der Waals surface area contributed by atoms with Gasteiger partial charge in [0.05, 0.1) is 18.0 Å². The smallest absolute Gasteiger partial charge is 0.238 e. The lowest BCUT2D eigenvalue weighted by Gasteiger charge is -2.19. The van der Waals surface area contributed by atoms with Crippen molar-refractivity contribution in [3.05, 3.63) is 53.0 Å². The van der Waals surface area contributed by atoms with E-state index in [1.165, 1.54) is 18.2 Å². The number of sulfonamides is 1. The predicted molar refractivity (Wildman–Crippen MR) is 111 cm³/mol. The summed E-state index contributed by atoms with van der Waals surface area (Å²) in [6.07, 6.45) is 0. The summed E-state index contributed by atoms with van der Waals surface area (Å²) in [5.41, 5.74) is 0.973. The minimum absolute atomic E-state index is 0.0239. The van der Waals surface area contributed by atoms with E-state index in [9.17, 15) is 18.0 Å². The molecule has 28 heavy (non-hydrogen) atoms. The van der Waals surface area contributed by atoms with E-state index in [0.29, 0.717) is 17.9 Å². The lowest BCUT2D eigenvalue weighted by molar-refractivity contribution is -0.119. The topological polar surface area (TPSA) is 122 Å². The van der Waals surface area contributed by atoms with Gasteiger partial charge in [0.25, 0.3) is 0 Å². The molecule has 2 rings (SSSR count). The van der Waals surface area contributed by atoms with Crippen LogP contribution in [0.25, 0.3) is 0 Å². The Kier molecular flexibility index (Phi) is 7.69. The van der Waals surface area contributed by atoms with Crippen LogP contribution in [0.3, 0.4) is 0 Å². The number of nitrogens with one attached hydrogen (secondary N) is 2. The number of benzene rings is 2. The van der Waals surface area contributed by atoms with Crippen LogP contribution in [0.15, 0.2) is 57.9 Å². The second-order valence-electron chi connectivity index (χ2n) is 5.98. The molecule has 8 nitrogen and oxygen atoms in total. The molecule has 2 amide bonds. The van der Waals surface area contributed by atoms with Crippen molar-refractivity contribution in [2.45, 2.75) is 11.8 Å². The molecule has 0 aliphatic heterocycles. The third kappa shape index (κ3) is 7.04. The fourth-order valence-corrected chi connectivity index (χ4v) is 3.19. The van der Waals surface area contributed by atoms with Gasteiger partial charge in [-0.2, -0.15) is 0 Å². The van der Waals surface area contributed by atoms with Crippen LogP contribution in [0.5, 0.6) is 0 Å². The Morgan fingerprint density at radius 3 is 2.11 bits per heavy atom. The molecule has 0 spiro atoms. The first-order valence-corrected chi connectivity index (χ1v) is 10.7. The Balaban J connectivity index is 1.92. The highest BCUT2D eigenvalue weighted by atomic mass is 79.9. The second kappa shape index (κ2) is 9.78. The highest BCUT2D eigenvalue weighted by Crippen LogP contribution is 2.15. The summed E-state index contributed by atoms with van der Waals surface area (Å²) < 4.78 is 23.7. The van der Waals surface area contributed by atoms with E-state index >= 15 is 0 Å². The van der Waals surface area contributed by atoms with Gasteiger partial charge in [0.2, 0.25) is 21.8 Å². The van der Waals surface area contributed by atoms with Gasteiger partial charge in [0.15, 0.2) is 0 Å². The Morgan fingerprint density at radius 2 is 1.57 bits per heavy atom. The quantitative estimate of drug-likeness (QED) is 0.546. The molecule has 0 atom stereocenters. The largest absolute Gasteiger partial charge is 0.325 e. The van der Waals surface area contributed by atoms with Crippen LogP contribution in [0.4, 0.5) is 11.4 Å². The van der Waals surface area contributed by atoms with Gasteiger partial charge in [-0.05, 0) is 49.0 Å². The lowest BCUT2D eigenvalue weighted by atomic mass is 10.3. The van der Waals surface area contributed by atoms with E-state index in [1.54, 1.807) is 23.1 Å². The summed E-state index contributed by atoms with van der Waals surface area (Å²) in [6, 6.07) is 12.8. The summed E-state index contributed by atoms with van der Waals surface area (Å²) in [4.78, 5) is 26.0. The summed E-state index contributed by atoms with van der Waals surface area (Å²) in [5.74, 6) is -0.613. The summed E-state index contributed by atoms with van der Waals surface area (Å²) in [7, 11) is -3.85. The molecule has 2 aromatic rings. The molecule has 0 saturated heterocycles. The van der Waals surface area contributed by atoms with E-state index in [4.69, 9.17) is 5.14 Å². The van der Waals surface area contributed by atoms with Gasteiger partial charge in [0, 0.05) is 15.8 Å². The number of nitrogens with zero attached hydrogens (tertiary/aromatic N) is 1. The molecular formula is C18H21BrN4O4S. The van der Waals surface area contributed by atoms with Crippen LogP contribution >= 0.6 is 15.9 Å². The molecule has 2 aromatic carbocycles. The molecule has 0 saturated carbocycles. The van der Waals surface area contributed by atoms with Gasteiger partial charge < -0.3 is 10.6 Å². The van der Waals surface area contributed by atoms with Crippen molar-refractivity contribution in [1.82, 2.24) is 4.90 Å². The molecule has 0 aromatic heterocycles. The van der Waals surface area contributed by atoms with E-state index in [-0.39, 0.29) is 29.8 Å². The van der Waals surface area contributed by atoms with E-state index in [2.05, 4.69) is 26.6 Å². The molecule has 0 bridgehead atoms. The Morgan fingerprint density at radius 1 is 1.00 bits per heavy atom. The number of hydrogen-bond donors (Lipinski definition) is 3. The lowest BCUT2D eigenvalue weighted by Crippen LogP contribution is -2.38. The normalized spacial score (nSPS) is 11.3. The first kappa shape index (κ1) is 22.0. The Hall–Kier alpha value is -2.27. The number of amides is 2. The minimum atomic E-state index is -3.85. The van der Waals surface area contributed by atoms with Crippen LogP contribution in [0.2, 0.25) is 0 Å². The Bertz CT molecular complexity index is 948. The third-order valence-corrected chi connectivity index (χ3v) is 5.20. The number of rotatable bonds is 8.